The molecule has 0 saturated carbocycles. The molecule has 1 aliphatic carbocycles. The number of carboxylic acid groups (broad SMARTS) is 1. The van der Waals surface area contributed by atoms with Gasteiger partial charge in [-0.2, -0.15) is 0 Å². The van der Waals surface area contributed by atoms with Gasteiger partial charge in [0.15, 0.2) is 0 Å². The Balaban J connectivity index is 1.72. The number of hydrogen-bond acceptors (Lipinski definition) is 3. The van der Waals surface area contributed by atoms with Gasteiger partial charge in [0.1, 0.15) is 0 Å². The van der Waals surface area contributed by atoms with Gasteiger partial charge in [-0.3, -0.25) is 4.79 Å². The number of amides is 1. The quantitative estimate of drug-likeness (QED) is 0.638. The van der Waals surface area contributed by atoms with Gasteiger partial charge in [-0.05, 0) is 43.2 Å². The van der Waals surface area contributed by atoms with Crippen LogP contribution < -0.4 is 5.32 Å². The van der Waals surface area contributed by atoms with Crippen molar-refractivity contribution in [2.45, 2.75) is 32.4 Å². The van der Waals surface area contributed by atoms with Crippen molar-refractivity contribution < 1.29 is 19.8 Å². The molecule has 1 aliphatic rings. The minimum Gasteiger partial charge on any atom is -0.478 e. The maximum atomic E-state index is 13.2. The zero-order valence-corrected chi connectivity index (χ0v) is 16.2. The normalized spacial score (nSPS) is 17.8. The summed E-state index contributed by atoms with van der Waals surface area (Å²) in [6.45, 7) is 3.53. The lowest BCUT2D eigenvalue weighted by atomic mass is 10.1. The van der Waals surface area contributed by atoms with Gasteiger partial charge in [0.25, 0.3) is 5.91 Å². The number of benzene rings is 2. The number of para-hydroxylation sites is 1. The number of aliphatic hydroxyl groups excluding tert-OH is 1. The van der Waals surface area contributed by atoms with Crippen LogP contribution in [0.3, 0.4) is 0 Å². The number of rotatable bonds is 4. The maximum absolute atomic E-state index is 13.2. The lowest BCUT2D eigenvalue weighted by molar-refractivity contribution is 0.0696. The van der Waals surface area contributed by atoms with E-state index in [0.717, 1.165) is 16.8 Å². The molecular formula is C23H22N2O4. The van der Waals surface area contributed by atoms with E-state index in [9.17, 15) is 19.8 Å². The SMILES string of the molecule is Cc1cc(C(=O)O)c(C)n1-c1ccccc1C(=O)N[C@@H]1c2ccccc2C[C@@H]1O. The summed E-state index contributed by atoms with van der Waals surface area (Å²) in [6, 6.07) is 15.9. The lowest BCUT2D eigenvalue weighted by Crippen LogP contribution is -2.34. The van der Waals surface area contributed by atoms with Crippen LogP contribution in [0.4, 0.5) is 0 Å². The summed E-state index contributed by atoms with van der Waals surface area (Å²) in [7, 11) is 0. The molecule has 0 saturated heterocycles. The molecule has 3 N–H and O–H groups in total. The van der Waals surface area contributed by atoms with Crippen molar-refractivity contribution in [3.63, 3.8) is 0 Å². The molecule has 148 valence electrons. The molecule has 1 heterocycles. The highest BCUT2D eigenvalue weighted by Crippen LogP contribution is 2.32. The molecule has 0 bridgehead atoms. The molecule has 0 fully saturated rings. The van der Waals surface area contributed by atoms with Crippen LogP contribution in [0.25, 0.3) is 5.69 Å². The fraction of sp³-hybridized carbons (Fsp3) is 0.217. The highest BCUT2D eigenvalue weighted by molar-refractivity contribution is 5.98. The molecule has 0 unspecified atom stereocenters. The van der Waals surface area contributed by atoms with Crippen LogP contribution in [0.5, 0.6) is 0 Å². The number of nitrogens with zero attached hydrogens (tertiary/aromatic N) is 1. The Hall–Kier alpha value is -3.38. The van der Waals surface area contributed by atoms with Crippen molar-refractivity contribution in [3.05, 3.63) is 88.2 Å². The van der Waals surface area contributed by atoms with E-state index in [4.69, 9.17) is 0 Å². The Kier molecular flexibility index (Phi) is 4.72. The average molecular weight is 390 g/mol. The number of aryl methyl sites for hydroxylation is 1. The first-order chi connectivity index (χ1) is 13.9. The Bertz CT molecular complexity index is 1120. The topological polar surface area (TPSA) is 91.6 Å². The fourth-order valence-electron chi connectivity index (χ4n) is 4.18. The molecule has 6 heteroatoms. The summed E-state index contributed by atoms with van der Waals surface area (Å²) in [6.07, 6.45) is -0.183. The summed E-state index contributed by atoms with van der Waals surface area (Å²) < 4.78 is 1.78. The smallest absolute Gasteiger partial charge is 0.337 e. The highest BCUT2D eigenvalue weighted by Gasteiger charge is 2.32. The molecule has 0 aliphatic heterocycles. The van der Waals surface area contributed by atoms with E-state index in [1.54, 1.807) is 35.8 Å². The number of fused-ring (bicyclic) bond motifs is 1. The van der Waals surface area contributed by atoms with Crippen LogP contribution in [0, 0.1) is 13.8 Å². The first kappa shape index (κ1) is 19.0. The summed E-state index contributed by atoms with van der Waals surface area (Å²) in [4.78, 5) is 24.7. The number of carbonyl (C=O) groups excluding carboxylic acids is 1. The number of carboxylic acids is 1. The second kappa shape index (κ2) is 7.22. The van der Waals surface area contributed by atoms with Crippen molar-refractivity contribution in [2.24, 2.45) is 0 Å². The average Bonchev–Trinajstić information content (AvgIpc) is 3.17. The number of aromatic nitrogens is 1. The second-order valence-corrected chi connectivity index (χ2v) is 7.36. The molecule has 4 rings (SSSR count). The molecule has 1 amide bonds. The predicted molar refractivity (Wildman–Crippen MR) is 109 cm³/mol. The maximum Gasteiger partial charge on any atom is 0.337 e. The van der Waals surface area contributed by atoms with Crippen LogP contribution in [0.1, 0.15) is 49.3 Å². The zero-order valence-electron chi connectivity index (χ0n) is 16.2. The van der Waals surface area contributed by atoms with Crippen molar-refractivity contribution in [2.75, 3.05) is 0 Å². The van der Waals surface area contributed by atoms with E-state index in [2.05, 4.69) is 5.32 Å². The minimum atomic E-state index is -1.00. The largest absolute Gasteiger partial charge is 0.478 e. The third-order valence-electron chi connectivity index (χ3n) is 5.54. The predicted octanol–water partition coefficient (Wildman–Crippen LogP) is 3.18. The number of hydrogen-bond donors (Lipinski definition) is 3. The molecule has 2 atom stereocenters. The highest BCUT2D eigenvalue weighted by atomic mass is 16.4. The van der Waals surface area contributed by atoms with E-state index >= 15 is 0 Å². The molecule has 3 aromatic rings. The van der Waals surface area contributed by atoms with Crippen LogP contribution in [0.15, 0.2) is 54.6 Å². The van der Waals surface area contributed by atoms with Crippen molar-refractivity contribution in [1.82, 2.24) is 9.88 Å². The third kappa shape index (κ3) is 3.21. The van der Waals surface area contributed by atoms with Crippen LogP contribution in [0.2, 0.25) is 0 Å². The second-order valence-electron chi connectivity index (χ2n) is 7.36. The van der Waals surface area contributed by atoms with Gasteiger partial charge in [0, 0.05) is 17.8 Å². The Morgan fingerprint density at radius 1 is 1.03 bits per heavy atom. The van der Waals surface area contributed by atoms with Crippen molar-refractivity contribution in [3.8, 4) is 5.69 Å². The number of nitrogens with one attached hydrogen (secondary N) is 1. The van der Waals surface area contributed by atoms with Gasteiger partial charge in [0.05, 0.1) is 29.0 Å². The first-order valence-corrected chi connectivity index (χ1v) is 9.47. The van der Waals surface area contributed by atoms with Crippen LogP contribution in [-0.2, 0) is 6.42 Å². The standard InChI is InChI=1S/C23H22N2O4/c1-13-11-18(23(28)29)14(2)25(13)19-10-6-5-9-17(19)22(27)24-21-16-8-4-3-7-15(16)12-20(21)26/h3-11,20-21,26H,12H2,1-2H3,(H,24,27)(H,28,29)/t20-,21+/m0/s1. The van der Waals surface area contributed by atoms with Gasteiger partial charge in [-0.1, -0.05) is 36.4 Å². The summed E-state index contributed by atoms with van der Waals surface area (Å²) in [5.41, 5.74) is 4.47. The molecule has 1 aromatic heterocycles. The van der Waals surface area contributed by atoms with Gasteiger partial charge in [-0.25, -0.2) is 4.79 Å². The number of carbonyl (C=O) groups is 2. The monoisotopic (exact) mass is 390 g/mol. The fourth-order valence-corrected chi connectivity index (χ4v) is 4.18. The van der Waals surface area contributed by atoms with E-state index < -0.39 is 18.1 Å². The lowest BCUT2D eigenvalue weighted by Gasteiger charge is -2.20. The molecule has 29 heavy (non-hydrogen) atoms. The van der Waals surface area contributed by atoms with Crippen LogP contribution in [-0.4, -0.2) is 32.8 Å². The summed E-state index contributed by atoms with van der Waals surface area (Å²) in [5.74, 6) is -1.32. The molecule has 0 spiro atoms. The van der Waals surface area contributed by atoms with E-state index in [1.807, 2.05) is 37.3 Å². The van der Waals surface area contributed by atoms with E-state index in [1.165, 1.54) is 0 Å². The van der Waals surface area contributed by atoms with Crippen LogP contribution >= 0.6 is 0 Å². The summed E-state index contributed by atoms with van der Waals surface area (Å²) >= 11 is 0. The third-order valence-corrected chi connectivity index (χ3v) is 5.54. The zero-order chi connectivity index (χ0) is 20.7. The van der Waals surface area contributed by atoms with Gasteiger partial charge < -0.3 is 20.1 Å². The Morgan fingerprint density at radius 3 is 2.45 bits per heavy atom. The summed E-state index contributed by atoms with van der Waals surface area (Å²) in [5, 5.41) is 22.8. The van der Waals surface area contributed by atoms with Gasteiger partial charge in [0.2, 0.25) is 0 Å². The van der Waals surface area contributed by atoms with E-state index in [0.29, 0.717) is 23.4 Å². The van der Waals surface area contributed by atoms with Crippen molar-refractivity contribution in [1.29, 1.82) is 0 Å². The van der Waals surface area contributed by atoms with E-state index in [-0.39, 0.29) is 11.5 Å². The molecule has 2 aromatic carbocycles. The Labute approximate surface area is 168 Å². The first-order valence-electron chi connectivity index (χ1n) is 9.47. The molecule has 6 nitrogen and oxygen atoms in total. The number of aliphatic hydroxyl groups is 1. The minimum absolute atomic E-state index is 0.206. The van der Waals surface area contributed by atoms with Crippen molar-refractivity contribution >= 4 is 11.9 Å². The van der Waals surface area contributed by atoms with Gasteiger partial charge >= 0.3 is 5.97 Å². The Morgan fingerprint density at radius 2 is 1.72 bits per heavy atom. The molecule has 0 radical (unpaired) electrons. The number of aromatic carboxylic acids is 1. The van der Waals surface area contributed by atoms with Gasteiger partial charge in [-0.15, -0.1) is 0 Å². The molecular weight excluding hydrogens is 368 g/mol.